The van der Waals surface area contributed by atoms with Gasteiger partial charge in [-0.2, -0.15) is 0 Å². The lowest BCUT2D eigenvalue weighted by molar-refractivity contribution is -0.120. The molecule has 1 aliphatic carbocycles. The van der Waals surface area contributed by atoms with Gasteiger partial charge in [0.15, 0.2) is 0 Å². The van der Waals surface area contributed by atoms with E-state index in [2.05, 4.69) is 20.8 Å². The molecule has 1 saturated carbocycles. The van der Waals surface area contributed by atoms with Gasteiger partial charge in [-0.3, -0.25) is 9.59 Å². The number of amides is 3. The minimum absolute atomic E-state index is 0.0333. The summed E-state index contributed by atoms with van der Waals surface area (Å²) in [6.45, 7) is 5.25. The summed E-state index contributed by atoms with van der Waals surface area (Å²) in [6.07, 6.45) is 1.35. The molecular formula is C28H29F2N5O4S2. The smallest absolute Gasteiger partial charge is 0.408 e. The van der Waals surface area contributed by atoms with Crippen molar-refractivity contribution in [2.24, 2.45) is 0 Å². The first kappa shape index (κ1) is 28.9. The first-order valence-corrected chi connectivity index (χ1v) is 14.9. The van der Waals surface area contributed by atoms with Crippen LogP contribution in [0.4, 0.5) is 19.3 Å². The monoisotopic (exact) mass is 601 g/mol. The maximum absolute atomic E-state index is 15.2. The number of aromatic nitrogens is 2. The number of alkyl carbamates (subject to hydrolysis) is 1. The van der Waals surface area contributed by atoms with Gasteiger partial charge in [-0.1, -0.05) is 23.5 Å². The Morgan fingerprint density at radius 1 is 1.12 bits per heavy atom. The number of nitrogens with zero attached hydrogens (tertiary/aromatic N) is 3. The summed E-state index contributed by atoms with van der Waals surface area (Å²) in [5, 5.41) is 15.3. The molecule has 0 saturated heterocycles. The molecule has 13 heteroatoms. The van der Waals surface area contributed by atoms with Crippen molar-refractivity contribution < 1.29 is 27.9 Å². The second-order valence-corrected chi connectivity index (χ2v) is 13.0. The molecule has 1 fully saturated rings. The lowest BCUT2D eigenvalue weighted by Gasteiger charge is -2.26. The highest BCUT2D eigenvalue weighted by Gasteiger charge is 2.35. The number of fused-ring (bicyclic) bond motifs is 1. The maximum atomic E-state index is 15.2. The molecule has 2 aromatic carbocycles. The van der Waals surface area contributed by atoms with E-state index in [9.17, 15) is 18.8 Å². The topological polar surface area (TPSA) is 114 Å². The SMILES string of the molecule is CC(C)(C)OC(=O)N[C@H]1CSc2cc(F)c(C(=O)NCc3ccc(F)cc3)cc2N(Cc2nnc(C3CC3)s2)C1=O. The van der Waals surface area contributed by atoms with E-state index in [0.29, 0.717) is 27.1 Å². The van der Waals surface area contributed by atoms with Gasteiger partial charge in [0.25, 0.3) is 11.8 Å². The highest BCUT2D eigenvalue weighted by Crippen LogP contribution is 2.42. The molecule has 0 radical (unpaired) electrons. The van der Waals surface area contributed by atoms with E-state index in [-0.39, 0.29) is 24.4 Å². The number of halogens is 2. The summed E-state index contributed by atoms with van der Waals surface area (Å²) in [5.74, 6) is -1.79. The molecule has 2 N–H and O–H groups in total. The predicted molar refractivity (Wildman–Crippen MR) is 151 cm³/mol. The first-order valence-electron chi connectivity index (χ1n) is 13.1. The average molecular weight is 602 g/mol. The molecule has 2 heterocycles. The average Bonchev–Trinajstić information content (AvgIpc) is 3.67. The Morgan fingerprint density at radius 3 is 2.54 bits per heavy atom. The normalized spacial score (nSPS) is 17.0. The van der Waals surface area contributed by atoms with Gasteiger partial charge in [-0.15, -0.1) is 22.0 Å². The number of thioether (sulfide) groups is 1. The van der Waals surface area contributed by atoms with E-state index in [1.54, 1.807) is 20.8 Å². The molecule has 216 valence electrons. The largest absolute Gasteiger partial charge is 0.444 e. The number of hydrogen-bond acceptors (Lipinski definition) is 8. The molecule has 1 aliphatic heterocycles. The fraction of sp³-hybridized carbons (Fsp3) is 0.393. The van der Waals surface area contributed by atoms with Crippen LogP contribution in [0.2, 0.25) is 0 Å². The van der Waals surface area contributed by atoms with Gasteiger partial charge < -0.3 is 20.3 Å². The van der Waals surface area contributed by atoms with Crippen molar-refractivity contribution in [1.29, 1.82) is 0 Å². The molecule has 9 nitrogen and oxygen atoms in total. The Kier molecular flexibility index (Phi) is 8.28. The van der Waals surface area contributed by atoms with Crippen molar-refractivity contribution in [2.75, 3.05) is 10.7 Å². The van der Waals surface area contributed by atoms with E-state index in [1.807, 2.05) is 0 Å². The Hall–Kier alpha value is -3.58. The molecule has 5 rings (SSSR count). The number of carbonyl (C=O) groups excluding carboxylic acids is 3. The summed E-state index contributed by atoms with van der Waals surface area (Å²) in [6, 6.07) is 7.18. The molecule has 3 amide bonds. The highest BCUT2D eigenvalue weighted by molar-refractivity contribution is 7.99. The number of rotatable bonds is 7. The molecule has 41 heavy (non-hydrogen) atoms. The van der Waals surface area contributed by atoms with Crippen LogP contribution < -0.4 is 15.5 Å². The Balaban J connectivity index is 1.43. The fourth-order valence-corrected chi connectivity index (χ4v) is 6.23. The quantitative estimate of drug-likeness (QED) is 0.385. The molecule has 0 bridgehead atoms. The number of anilines is 1. The highest BCUT2D eigenvalue weighted by atomic mass is 32.2. The molecule has 2 aliphatic rings. The van der Waals surface area contributed by atoms with E-state index in [1.165, 1.54) is 64.4 Å². The molecular weight excluding hydrogens is 572 g/mol. The zero-order valence-electron chi connectivity index (χ0n) is 22.7. The van der Waals surface area contributed by atoms with E-state index >= 15 is 4.39 Å². The van der Waals surface area contributed by atoms with Crippen molar-refractivity contribution >= 4 is 46.7 Å². The van der Waals surface area contributed by atoms with Crippen LogP contribution >= 0.6 is 23.1 Å². The number of nitrogens with one attached hydrogen (secondary N) is 2. The minimum atomic E-state index is -0.975. The number of hydrogen-bond donors (Lipinski definition) is 2. The van der Waals surface area contributed by atoms with Crippen LogP contribution in [0.25, 0.3) is 0 Å². The van der Waals surface area contributed by atoms with Gasteiger partial charge >= 0.3 is 6.09 Å². The molecule has 3 aromatic rings. The van der Waals surface area contributed by atoms with Crippen molar-refractivity contribution in [1.82, 2.24) is 20.8 Å². The van der Waals surface area contributed by atoms with Crippen LogP contribution in [0.3, 0.4) is 0 Å². The van der Waals surface area contributed by atoms with Crippen LogP contribution in [0.5, 0.6) is 0 Å². The second kappa shape index (κ2) is 11.7. The van der Waals surface area contributed by atoms with E-state index in [0.717, 1.165) is 17.8 Å². The fourth-order valence-electron chi connectivity index (χ4n) is 4.15. The Morgan fingerprint density at radius 2 is 1.85 bits per heavy atom. The third kappa shape index (κ3) is 7.20. The number of carbonyl (C=O) groups is 3. The molecule has 1 aromatic heterocycles. The predicted octanol–water partition coefficient (Wildman–Crippen LogP) is 5.16. The van der Waals surface area contributed by atoms with Crippen molar-refractivity contribution in [3.63, 3.8) is 0 Å². The number of benzene rings is 2. The van der Waals surface area contributed by atoms with Gasteiger partial charge in [0, 0.05) is 23.1 Å². The van der Waals surface area contributed by atoms with Crippen molar-refractivity contribution in [3.05, 3.63) is 69.2 Å². The first-order chi connectivity index (χ1) is 19.5. The lowest BCUT2D eigenvalue weighted by atomic mass is 10.1. The maximum Gasteiger partial charge on any atom is 0.408 e. The Bertz CT molecular complexity index is 1470. The van der Waals surface area contributed by atoms with E-state index in [4.69, 9.17) is 4.74 Å². The van der Waals surface area contributed by atoms with Gasteiger partial charge in [0.05, 0.1) is 17.8 Å². The lowest BCUT2D eigenvalue weighted by Crippen LogP contribution is -2.50. The Labute approximate surface area is 244 Å². The zero-order chi connectivity index (χ0) is 29.3. The summed E-state index contributed by atoms with van der Waals surface area (Å²) in [7, 11) is 0. The van der Waals surface area contributed by atoms with Crippen molar-refractivity contribution in [2.45, 2.75) is 69.2 Å². The van der Waals surface area contributed by atoms with Crippen LogP contribution in [-0.2, 0) is 22.6 Å². The second-order valence-electron chi connectivity index (χ2n) is 10.9. The van der Waals surface area contributed by atoms with Gasteiger partial charge in [-0.05, 0) is 63.4 Å². The standard InChI is InChI=1S/C28H29F2N5O4S2/c1-28(2,3)39-27(38)32-20-14-40-22-11-19(30)18(24(36)31-12-15-4-8-17(29)9-5-15)10-21(22)35(26(20)37)13-23-33-34-25(41-23)16-6-7-16/h4-5,8-11,16,20H,6-7,12-14H2,1-3H3,(H,31,36)(H,32,38)/t20-/m0/s1. The van der Waals surface area contributed by atoms with Gasteiger partial charge in [-0.25, -0.2) is 13.6 Å². The van der Waals surface area contributed by atoms with Gasteiger partial charge in [0.1, 0.15) is 33.3 Å². The number of ether oxygens (including phenoxy) is 1. The molecule has 0 unspecified atom stereocenters. The minimum Gasteiger partial charge on any atom is -0.444 e. The summed E-state index contributed by atoms with van der Waals surface area (Å²) >= 11 is 2.60. The third-order valence-corrected chi connectivity index (χ3v) is 8.52. The summed E-state index contributed by atoms with van der Waals surface area (Å²) in [5.41, 5.74) is -0.0524. The van der Waals surface area contributed by atoms with Crippen LogP contribution in [0.1, 0.15) is 65.5 Å². The van der Waals surface area contributed by atoms with Crippen LogP contribution in [-0.4, -0.2) is 45.5 Å². The van der Waals surface area contributed by atoms with Gasteiger partial charge in [0.2, 0.25) is 0 Å². The van der Waals surface area contributed by atoms with Crippen molar-refractivity contribution in [3.8, 4) is 0 Å². The van der Waals surface area contributed by atoms with E-state index < -0.39 is 41.2 Å². The summed E-state index contributed by atoms with van der Waals surface area (Å²) < 4.78 is 33.8. The molecule has 0 spiro atoms. The summed E-state index contributed by atoms with van der Waals surface area (Å²) in [4.78, 5) is 41.3. The van der Waals surface area contributed by atoms with Crippen LogP contribution in [0.15, 0.2) is 41.3 Å². The van der Waals surface area contributed by atoms with Crippen LogP contribution in [0, 0.1) is 11.6 Å². The third-order valence-electron chi connectivity index (χ3n) is 6.31. The zero-order valence-corrected chi connectivity index (χ0v) is 24.3. The molecule has 1 atom stereocenters.